The molecule has 3 rings (SSSR count). The minimum Gasteiger partial charge on any atom is -0.384 e. The van der Waals surface area contributed by atoms with Crippen LogP contribution in [-0.4, -0.2) is 24.8 Å². The fraction of sp³-hybridized carbons (Fsp3) is 0.136. The maximum Gasteiger partial charge on any atom is 0.122 e. The number of nitrogens with one attached hydrogen (secondary N) is 1. The first kappa shape index (κ1) is 16.9. The molecule has 0 bridgehead atoms. The van der Waals surface area contributed by atoms with Crippen molar-refractivity contribution >= 4 is 28.8 Å². The van der Waals surface area contributed by atoms with E-state index < -0.39 is 0 Å². The van der Waals surface area contributed by atoms with Gasteiger partial charge in [-0.05, 0) is 53.7 Å². The molecule has 0 aliphatic rings. The summed E-state index contributed by atoms with van der Waals surface area (Å²) in [5, 5.41) is 9.77. The van der Waals surface area contributed by atoms with Crippen LogP contribution < -0.4 is 5.73 Å². The molecule has 3 nitrogen and oxygen atoms in total. The Hall–Kier alpha value is -2.91. The van der Waals surface area contributed by atoms with Gasteiger partial charge in [-0.15, -0.1) is 0 Å². The molecule has 126 valence electrons. The Kier molecular flexibility index (Phi) is 4.96. The lowest BCUT2D eigenvalue weighted by Crippen LogP contribution is -2.10. The summed E-state index contributed by atoms with van der Waals surface area (Å²) in [5.74, 6) is 0.101. The molecule has 0 aromatic heterocycles. The van der Waals surface area contributed by atoms with Crippen molar-refractivity contribution in [1.82, 2.24) is 4.90 Å². The van der Waals surface area contributed by atoms with Crippen molar-refractivity contribution in [1.29, 1.82) is 5.41 Å². The van der Waals surface area contributed by atoms with Crippen LogP contribution in [0.25, 0.3) is 22.9 Å². The van der Waals surface area contributed by atoms with Gasteiger partial charge in [-0.3, -0.25) is 5.41 Å². The molecule has 0 radical (unpaired) electrons. The lowest BCUT2D eigenvalue weighted by molar-refractivity contribution is 0.402. The number of hydrogen-bond acceptors (Lipinski definition) is 2. The molecule has 25 heavy (non-hydrogen) atoms. The monoisotopic (exact) mass is 329 g/mol. The third-order valence-corrected chi connectivity index (χ3v) is 4.12. The zero-order valence-corrected chi connectivity index (χ0v) is 14.7. The number of hydrogen-bond donors (Lipinski definition) is 2. The number of benzene rings is 3. The molecule has 0 unspecified atom stereocenters. The second kappa shape index (κ2) is 7.32. The second-order valence-electron chi connectivity index (χ2n) is 6.55. The Morgan fingerprint density at radius 1 is 0.880 bits per heavy atom. The van der Waals surface area contributed by atoms with Crippen molar-refractivity contribution in [3.8, 4) is 0 Å². The topological polar surface area (TPSA) is 53.1 Å². The summed E-state index contributed by atoms with van der Waals surface area (Å²) in [6.45, 7) is 0.955. The average Bonchev–Trinajstić information content (AvgIpc) is 2.60. The third kappa shape index (κ3) is 4.34. The highest BCUT2D eigenvalue weighted by atomic mass is 15.0. The van der Waals surface area contributed by atoms with Crippen LogP contribution in [-0.2, 0) is 6.54 Å². The molecule has 3 aromatic rings. The van der Waals surface area contributed by atoms with Gasteiger partial charge < -0.3 is 10.6 Å². The molecule has 0 saturated heterocycles. The van der Waals surface area contributed by atoms with E-state index >= 15 is 0 Å². The first-order valence-corrected chi connectivity index (χ1v) is 8.31. The van der Waals surface area contributed by atoms with Crippen molar-refractivity contribution in [3.05, 3.63) is 82.9 Å². The molecule has 3 aromatic carbocycles. The van der Waals surface area contributed by atoms with E-state index in [2.05, 4.69) is 73.6 Å². The molecule has 3 N–H and O–H groups in total. The predicted molar refractivity (Wildman–Crippen MR) is 108 cm³/mol. The molecule has 0 heterocycles. The van der Waals surface area contributed by atoms with E-state index in [1.807, 2.05) is 18.2 Å². The predicted octanol–water partition coefficient (Wildman–Crippen LogP) is 4.36. The molecule has 0 amide bonds. The van der Waals surface area contributed by atoms with Crippen LogP contribution in [0.3, 0.4) is 0 Å². The first-order valence-electron chi connectivity index (χ1n) is 8.31. The third-order valence-electron chi connectivity index (χ3n) is 4.12. The van der Waals surface area contributed by atoms with Crippen molar-refractivity contribution in [2.24, 2.45) is 5.73 Å². The Labute approximate surface area is 148 Å². The Bertz CT molecular complexity index is 922. The Morgan fingerprint density at radius 3 is 2.16 bits per heavy atom. The number of nitrogens with two attached hydrogens (primary N) is 1. The van der Waals surface area contributed by atoms with Crippen molar-refractivity contribution in [3.63, 3.8) is 0 Å². The van der Waals surface area contributed by atoms with Crippen LogP contribution in [0.2, 0.25) is 0 Å². The lowest BCUT2D eigenvalue weighted by Gasteiger charge is -2.09. The zero-order chi connectivity index (χ0) is 17.8. The molecule has 0 aliphatic carbocycles. The molecule has 0 spiro atoms. The van der Waals surface area contributed by atoms with Gasteiger partial charge in [0.05, 0.1) is 0 Å². The van der Waals surface area contributed by atoms with E-state index in [-0.39, 0.29) is 5.84 Å². The van der Waals surface area contributed by atoms with Crippen LogP contribution in [0.15, 0.2) is 60.7 Å². The van der Waals surface area contributed by atoms with Crippen LogP contribution in [0.4, 0.5) is 0 Å². The van der Waals surface area contributed by atoms with E-state index in [1.165, 1.54) is 11.1 Å². The highest BCUT2D eigenvalue weighted by Gasteiger charge is 2.00. The van der Waals surface area contributed by atoms with E-state index in [9.17, 15) is 0 Å². The van der Waals surface area contributed by atoms with Gasteiger partial charge in [0.2, 0.25) is 0 Å². The Morgan fingerprint density at radius 2 is 1.48 bits per heavy atom. The van der Waals surface area contributed by atoms with Crippen molar-refractivity contribution in [2.75, 3.05) is 14.1 Å². The van der Waals surface area contributed by atoms with E-state index in [0.717, 1.165) is 28.4 Å². The minimum absolute atomic E-state index is 0.101. The van der Waals surface area contributed by atoms with Crippen molar-refractivity contribution < 1.29 is 0 Å². The summed E-state index contributed by atoms with van der Waals surface area (Å²) < 4.78 is 0. The molecular weight excluding hydrogens is 306 g/mol. The average molecular weight is 329 g/mol. The normalized spacial score (nSPS) is 11.5. The highest BCUT2D eigenvalue weighted by molar-refractivity contribution is 5.99. The van der Waals surface area contributed by atoms with Gasteiger partial charge >= 0.3 is 0 Å². The molecular formula is C22H23N3. The van der Waals surface area contributed by atoms with E-state index in [4.69, 9.17) is 11.1 Å². The summed E-state index contributed by atoms with van der Waals surface area (Å²) in [5.41, 5.74) is 9.97. The maximum atomic E-state index is 7.53. The fourth-order valence-electron chi connectivity index (χ4n) is 2.83. The molecule has 0 fully saturated rings. The van der Waals surface area contributed by atoms with Crippen LogP contribution >= 0.6 is 0 Å². The van der Waals surface area contributed by atoms with E-state index in [1.54, 1.807) is 0 Å². The quantitative estimate of drug-likeness (QED) is 0.415. The number of rotatable bonds is 5. The van der Waals surface area contributed by atoms with Gasteiger partial charge in [0, 0.05) is 12.1 Å². The lowest BCUT2D eigenvalue weighted by atomic mass is 10.0. The number of amidine groups is 1. The van der Waals surface area contributed by atoms with Gasteiger partial charge in [0.15, 0.2) is 0 Å². The molecule has 3 heteroatoms. The summed E-state index contributed by atoms with van der Waals surface area (Å²) in [4.78, 5) is 2.16. The Balaban J connectivity index is 1.79. The van der Waals surface area contributed by atoms with Crippen LogP contribution in [0, 0.1) is 5.41 Å². The summed E-state index contributed by atoms with van der Waals surface area (Å²) >= 11 is 0. The number of nitrogens with zero attached hydrogens (tertiary/aromatic N) is 1. The summed E-state index contributed by atoms with van der Waals surface area (Å²) in [6.07, 6.45) is 4.25. The SMILES string of the molecule is CN(C)Cc1ccc(/C=C/c2ccc3cc(C(=N)N)ccc3c2)cc1. The van der Waals surface area contributed by atoms with Gasteiger partial charge in [0.25, 0.3) is 0 Å². The molecule has 0 atom stereocenters. The number of nitrogen functional groups attached to an aromatic ring is 1. The standard InChI is InChI=1S/C22H23N3/c1-25(2)15-18-7-4-16(5-8-18)3-6-17-9-10-20-14-21(22(23)24)12-11-19(20)13-17/h3-14H,15H2,1-2H3,(H3,23,24)/b6-3+. The van der Waals surface area contributed by atoms with E-state index in [0.29, 0.717) is 0 Å². The highest BCUT2D eigenvalue weighted by Crippen LogP contribution is 2.19. The minimum atomic E-state index is 0.101. The van der Waals surface area contributed by atoms with Crippen LogP contribution in [0.5, 0.6) is 0 Å². The smallest absolute Gasteiger partial charge is 0.122 e. The van der Waals surface area contributed by atoms with Crippen LogP contribution in [0.1, 0.15) is 22.3 Å². The first-order chi connectivity index (χ1) is 12.0. The zero-order valence-electron chi connectivity index (χ0n) is 14.7. The summed E-state index contributed by atoms with van der Waals surface area (Å²) in [7, 11) is 4.15. The summed E-state index contributed by atoms with van der Waals surface area (Å²) in [6, 6.07) is 20.8. The largest absolute Gasteiger partial charge is 0.384 e. The number of fused-ring (bicyclic) bond motifs is 1. The van der Waals surface area contributed by atoms with Gasteiger partial charge in [0.1, 0.15) is 5.84 Å². The second-order valence-corrected chi connectivity index (χ2v) is 6.55. The van der Waals surface area contributed by atoms with Gasteiger partial charge in [-0.25, -0.2) is 0 Å². The molecule has 0 saturated carbocycles. The molecule has 0 aliphatic heterocycles. The maximum absolute atomic E-state index is 7.53. The van der Waals surface area contributed by atoms with Gasteiger partial charge in [-0.1, -0.05) is 60.7 Å². The fourth-order valence-corrected chi connectivity index (χ4v) is 2.83. The van der Waals surface area contributed by atoms with Gasteiger partial charge in [-0.2, -0.15) is 0 Å². The van der Waals surface area contributed by atoms with Crippen molar-refractivity contribution in [2.45, 2.75) is 6.54 Å².